The van der Waals surface area contributed by atoms with Crippen molar-refractivity contribution in [2.45, 2.75) is 32.4 Å². The Balaban J connectivity index is 2.02. The van der Waals surface area contributed by atoms with Crippen molar-refractivity contribution in [1.29, 1.82) is 0 Å². The van der Waals surface area contributed by atoms with Crippen molar-refractivity contribution in [3.05, 3.63) is 33.8 Å². The van der Waals surface area contributed by atoms with E-state index >= 15 is 0 Å². The van der Waals surface area contributed by atoms with Crippen LogP contribution in [0.25, 0.3) is 0 Å². The van der Waals surface area contributed by atoms with Crippen LogP contribution in [0.15, 0.2) is 18.2 Å². The largest absolute Gasteiger partial charge is 0.381 e. The quantitative estimate of drug-likeness (QED) is 0.901. The Labute approximate surface area is 119 Å². The fraction of sp³-hybridized carbons (Fsp3) is 0.571. The molecule has 0 aliphatic carbocycles. The molecular weight excluding hydrogens is 269 g/mol. The zero-order valence-corrected chi connectivity index (χ0v) is 12.3. The van der Waals surface area contributed by atoms with E-state index in [2.05, 4.69) is 19.2 Å². The highest BCUT2D eigenvalue weighted by Gasteiger charge is 2.24. The number of nitrogens with one attached hydrogen (secondary N) is 1. The van der Waals surface area contributed by atoms with E-state index in [1.54, 1.807) is 0 Å². The molecule has 1 aliphatic heterocycles. The van der Waals surface area contributed by atoms with Gasteiger partial charge in [0.25, 0.3) is 0 Å². The van der Waals surface area contributed by atoms with Crippen LogP contribution < -0.4 is 5.32 Å². The normalized spacial score (nSPS) is 23.0. The summed E-state index contributed by atoms with van der Waals surface area (Å²) in [6.45, 7) is 6.05. The van der Waals surface area contributed by atoms with Crippen molar-refractivity contribution in [3.8, 4) is 0 Å². The minimum atomic E-state index is 0.187. The van der Waals surface area contributed by atoms with Gasteiger partial charge in [-0.2, -0.15) is 0 Å². The zero-order chi connectivity index (χ0) is 13.1. The lowest BCUT2D eigenvalue weighted by molar-refractivity contribution is 0.177. The molecule has 1 aliphatic rings. The van der Waals surface area contributed by atoms with Gasteiger partial charge in [0, 0.05) is 18.7 Å². The third-order valence-corrected chi connectivity index (χ3v) is 4.47. The molecule has 1 saturated heterocycles. The molecule has 18 heavy (non-hydrogen) atoms. The van der Waals surface area contributed by atoms with Crippen LogP contribution in [-0.4, -0.2) is 19.3 Å². The first kappa shape index (κ1) is 14.1. The summed E-state index contributed by atoms with van der Waals surface area (Å²) in [6, 6.07) is 6.37. The maximum atomic E-state index is 6.23. The van der Waals surface area contributed by atoms with E-state index in [1.807, 2.05) is 18.2 Å². The van der Waals surface area contributed by atoms with Crippen molar-refractivity contribution in [2.75, 3.05) is 13.2 Å². The molecule has 1 heterocycles. The first-order chi connectivity index (χ1) is 8.59. The minimum Gasteiger partial charge on any atom is -0.381 e. The monoisotopic (exact) mass is 287 g/mol. The van der Waals surface area contributed by atoms with Gasteiger partial charge in [0.15, 0.2) is 0 Å². The van der Waals surface area contributed by atoms with Gasteiger partial charge in [-0.05, 0) is 37.8 Å². The molecule has 0 amide bonds. The van der Waals surface area contributed by atoms with Crippen LogP contribution >= 0.6 is 23.2 Å². The Kier molecular flexibility index (Phi) is 4.91. The molecule has 0 aromatic heterocycles. The highest BCUT2D eigenvalue weighted by molar-refractivity contribution is 6.42. The molecule has 1 fully saturated rings. The maximum absolute atomic E-state index is 6.23. The van der Waals surface area contributed by atoms with Gasteiger partial charge in [-0.1, -0.05) is 35.3 Å². The zero-order valence-electron chi connectivity index (χ0n) is 10.7. The van der Waals surface area contributed by atoms with Crippen molar-refractivity contribution >= 4 is 23.2 Å². The third kappa shape index (κ3) is 3.18. The summed E-state index contributed by atoms with van der Waals surface area (Å²) in [7, 11) is 0. The van der Waals surface area contributed by atoms with Crippen LogP contribution in [0.1, 0.15) is 31.9 Å². The molecule has 2 nitrogen and oxygen atoms in total. The Bertz CT molecular complexity index is 405. The predicted octanol–water partition coefficient (Wildman–Crippen LogP) is 4.07. The topological polar surface area (TPSA) is 21.3 Å². The second-order valence-corrected chi connectivity index (χ2v) is 5.73. The molecule has 3 unspecified atom stereocenters. The highest BCUT2D eigenvalue weighted by atomic mass is 35.5. The molecule has 1 aromatic rings. The standard InChI is InChI=1S/C14H19Cl2NO/c1-9(11-6-7-18-8-11)17-10(2)12-4-3-5-13(15)14(12)16/h3-5,9-11,17H,6-8H2,1-2H3. The van der Waals surface area contributed by atoms with Gasteiger partial charge in [-0.25, -0.2) is 0 Å². The van der Waals surface area contributed by atoms with Gasteiger partial charge < -0.3 is 10.1 Å². The lowest BCUT2D eigenvalue weighted by atomic mass is 9.98. The van der Waals surface area contributed by atoms with Crippen molar-refractivity contribution in [3.63, 3.8) is 0 Å². The van der Waals surface area contributed by atoms with Crippen molar-refractivity contribution in [1.82, 2.24) is 5.32 Å². The predicted molar refractivity (Wildman–Crippen MR) is 76.4 cm³/mol. The summed E-state index contributed by atoms with van der Waals surface area (Å²) in [6.07, 6.45) is 1.13. The van der Waals surface area contributed by atoms with E-state index in [0.717, 1.165) is 25.2 Å². The van der Waals surface area contributed by atoms with Gasteiger partial charge in [-0.3, -0.25) is 0 Å². The molecule has 1 aromatic carbocycles. The van der Waals surface area contributed by atoms with Crippen LogP contribution in [0, 0.1) is 5.92 Å². The maximum Gasteiger partial charge on any atom is 0.0639 e. The molecular formula is C14H19Cl2NO. The van der Waals surface area contributed by atoms with E-state index in [9.17, 15) is 0 Å². The van der Waals surface area contributed by atoms with Crippen LogP contribution in [0.2, 0.25) is 10.0 Å². The summed E-state index contributed by atoms with van der Waals surface area (Å²) in [5, 5.41) is 4.84. The Morgan fingerprint density at radius 3 is 2.78 bits per heavy atom. The average molecular weight is 288 g/mol. The first-order valence-corrected chi connectivity index (χ1v) is 7.13. The van der Waals surface area contributed by atoms with E-state index in [-0.39, 0.29) is 6.04 Å². The lowest BCUT2D eigenvalue weighted by Gasteiger charge is -2.25. The second-order valence-electron chi connectivity index (χ2n) is 4.94. The molecule has 0 saturated carbocycles. The number of rotatable bonds is 4. The van der Waals surface area contributed by atoms with E-state index in [0.29, 0.717) is 22.0 Å². The van der Waals surface area contributed by atoms with Gasteiger partial charge in [0.2, 0.25) is 0 Å². The molecule has 2 rings (SSSR count). The molecule has 0 spiro atoms. The van der Waals surface area contributed by atoms with E-state index in [4.69, 9.17) is 27.9 Å². The Hall–Kier alpha value is -0.280. The first-order valence-electron chi connectivity index (χ1n) is 6.37. The lowest BCUT2D eigenvalue weighted by Crippen LogP contribution is -2.35. The second kappa shape index (κ2) is 6.25. The number of halogens is 2. The van der Waals surface area contributed by atoms with Crippen LogP contribution in [0.5, 0.6) is 0 Å². The molecule has 0 radical (unpaired) electrons. The Morgan fingerprint density at radius 1 is 1.33 bits per heavy atom. The van der Waals surface area contributed by atoms with Gasteiger partial charge >= 0.3 is 0 Å². The summed E-state index contributed by atoms with van der Waals surface area (Å²) < 4.78 is 5.42. The fourth-order valence-corrected chi connectivity index (χ4v) is 2.89. The van der Waals surface area contributed by atoms with E-state index in [1.165, 1.54) is 0 Å². The number of hydrogen-bond acceptors (Lipinski definition) is 2. The Morgan fingerprint density at radius 2 is 2.11 bits per heavy atom. The summed E-state index contributed by atoms with van der Waals surface area (Å²) in [5.41, 5.74) is 1.05. The minimum absolute atomic E-state index is 0.187. The van der Waals surface area contributed by atoms with Crippen molar-refractivity contribution < 1.29 is 4.74 Å². The molecule has 4 heteroatoms. The average Bonchev–Trinajstić information content (AvgIpc) is 2.86. The van der Waals surface area contributed by atoms with Crippen LogP contribution in [0.4, 0.5) is 0 Å². The van der Waals surface area contributed by atoms with E-state index < -0.39 is 0 Å². The highest BCUT2D eigenvalue weighted by Crippen LogP contribution is 2.30. The van der Waals surface area contributed by atoms with Gasteiger partial charge in [0.1, 0.15) is 0 Å². The number of benzene rings is 1. The summed E-state index contributed by atoms with van der Waals surface area (Å²) in [5.74, 6) is 0.588. The van der Waals surface area contributed by atoms with Crippen molar-refractivity contribution in [2.24, 2.45) is 5.92 Å². The summed E-state index contributed by atoms with van der Waals surface area (Å²) >= 11 is 12.3. The molecule has 3 atom stereocenters. The third-order valence-electron chi connectivity index (χ3n) is 3.63. The number of ether oxygens (including phenoxy) is 1. The number of hydrogen-bond donors (Lipinski definition) is 1. The fourth-order valence-electron chi connectivity index (χ4n) is 2.42. The smallest absolute Gasteiger partial charge is 0.0639 e. The van der Waals surface area contributed by atoms with Crippen LogP contribution in [0.3, 0.4) is 0 Å². The van der Waals surface area contributed by atoms with Gasteiger partial charge in [0.05, 0.1) is 16.7 Å². The van der Waals surface area contributed by atoms with Gasteiger partial charge in [-0.15, -0.1) is 0 Å². The molecule has 100 valence electrons. The van der Waals surface area contributed by atoms with Crippen LogP contribution in [-0.2, 0) is 4.74 Å². The molecule has 1 N–H and O–H groups in total. The summed E-state index contributed by atoms with van der Waals surface area (Å²) in [4.78, 5) is 0. The SMILES string of the molecule is CC(NC(C)C1CCOC1)c1cccc(Cl)c1Cl. The molecule has 0 bridgehead atoms.